The van der Waals surface area contributed by atoms with Gasteiger partial charge in [0.05, 0.1) is 6.61 Å². The number of allylic oxidation sites excluding steroid dienone is 1. The van der Waals surface area contributed by atoms with Crippen LogP contribution in [0.4, 0.5) is 0 Å². The number of hydrogen-bond acceptors (Lipinski definition) is 2. The summed E-state index contributed by atoms with van der Waals surface area (Å²) in [4.78, 5) is 11.7. The molecule has 4 heteroatoms. The fraction of sp³-hybridized carbons (Fsp3) is 0.750. The zero-order chi connectivity index (χ0) is 12.6. The molecule has 0 aliphatic heterocycles. The molecule has 0 aliphatic rings. The van der Waals surface area contributed by atoms with Crippen LogP contribution in [0.25, 0.3) is 0 Å². The fourth-order valence-electron chi connectivity index (χ4n) is 1.38. The van der Waals surface area contributed by atoms with Gasteiger partial charge in [0.25, 0.3) is 0 Å². The molecule has 0 fully saturated rings. The zero-order valence-corrected chi connectivity index (χ0v) is 12.6. The molecule has 94 valence electrons. The number of alkyl halides is 1. The Morgan fingerprint density at radius 1 is 1.38 bits per heavy atom. The summed E-state index contributed by atoms with van der Waals surface area (Å²) >= 11 is 5.62. The van der Waals surface area contributed by atoms with E-state index in [1.54, 1.807) is 0 Å². The Morgan fingerprint density at radius 3 is 2.44 bits per heavy atom. The number of halogens is 1. The van der Waals surface area contributed by atoms with Crippen LogP contribution in [0.2, 0.25) is 25.7 Å². The summed E-state index contributed by atoms with van der Waals surface area (Å²) in [6, 6.07) is 0.883. The lowest BCUT2D eigenvalue weighted by Crippen LogP contribution is -2.23. The van der Waals surface area contributed by atoms with Gasteiger partial charge in [-0.05, 0) is 25.8 Å². The maximum absolute atomic E-state index is 11.7. The lowest BCUT2D eigenvalue weighted by molar-refractivity contribution is -0.138. The second-order valence-corrected chi connectivity index (χ2v) is 10.9. The fourth-order valence-corrected chi connectivity index (χ4v) is 2.96. The van der Waals surface area contributed by atoms with Crippen molar-refractivity contribution in [3.8, 4) is 0 Å². The van der Waals surface area contributed by atoms with Gasteiger partial charge in [0.15, 0.2) is 0 Å². The number of hydrogen-bond donors (Lipinski definition) is 0. The minimum absolute atomic E-state index is 0.153. The van der Waals surface area contributed by atoms with Gasteiger partial charge in [0.2, 0.25) is 0 Å². The van der Waals surface area contributed by atoms with Crippen molar-refractivity contribution in [1.82, 2.24) is 0 Å². The van der Waals surface area contributed by atoms with E-state index in [0.29, 0.717) is 12.5 Å². The molecule has 0 bridgehead atoms. The van der Waals surface area contributed by atoms with Crippen molar-refractivity contribution in [3.05, 3.63) is 11.6 Å². The topological polar surface area (TPSA) is 26.3 Å². The highest BCUT2D eigenvalue weighted by molar-refractivity contribution is 6.77. The van der Waals surface area contributed by atoms with E-state index in [-0.39, 0.29) is 5.97 Å². The van der Waals surface area contributed by atoms with E-state index in [1.165, 1.54) is 0 Å². The van der Waals surface area contributed by atoms with Gasteiger partial charge in [0.1, 0.15) is 0 Å². The number of ether oxygens (including phenoxy) is 1. The van der Waals surface area contributed by atoms with E-state index in [0.717, 1.165) is 24.5 Å². The molecule has 0 radical (unpaired) electrons. The first-order chi connectivity index (χ1) is 7.40. The first-order valence-electron chi connectivity index (χ1n) is 5.83. The largest absolute Gasteiger partial charge is 0.463 e. The lowest BCUT2D eigenvalue weighted by Gasteiger charge is -2.17. The molecule has 0 saturated heterocycles. The molecule has 0 saturated carbocycles. The molecule has 0 aromatic heterocycles. The van der Waals surface area contributed by atoms with Gasteiger partial charge in [-0.15, -0.1) is 11.6 Å². The van der Waals surface area contributed by atoms with Crippen LogP contribution < -0.4 is 0 Å². The number of rotatable bonds is 7. The third-order valence-electron chi connectivity index (χ3n) is 1.99. The average molecular weight is 263 g/mol. The molecule has 0 spiro atoms. The second kappa shape index (κ2) is 7.90. The summed E-state index contributed by atoms with van der Waals surface area (Å²) < 4.78 is 5.06. The van der Waals surface area contributed by atoms with Gasteiger partial charge in [-0.2, -0.15) is 0 Å². The third-order valence-corrected chi connectivity index (χ3v) is 3.70. The molecule has 0 amide bonds. The highest BCUT2D eigenvalue weighted by atomic mass is 35.5. The Balaban J connectivity index is 4.50. The summed E-state index contributed by atoms with van der Waals surface area (Å²) in [6.07, 6.45) is 3.77. The highest BCUT2D eigenvalue weighted by Crippen LogP contribution is 2.18. The number of esters is 1. The first-order valence-corrected chi connectivity index (χ1v) is 10.1. The Morgan fingerprint density at radius 2 is 2.00 bits per heavy atom. The van der Waals surface area contributed by atoms with Crippen LogP contribution in [0.15, 0.2) is 11.6 Å². The minimum atomic E-state index is -1.27. The van der Waals surface area contributed by atoms with Crippen LogP contribution >= 0.6 is 11.6 Å². The van der Waals surface area contributed by atoms with Crippen molar-refractivity contribution in [1.29, 1.82) is 0 Å². The molecule has 0 atom stereocenters. The van der Waals surface area contributed by atoms with E-state index < -0.39 is 8.07 Å². The second-order valence-electron chi connectivity index (χ2n) is 5.02. The summed E-state index contributed by atoms with van der Waals surface area (Å²) in [6.45, 7) is 9.03. The van der Waals surface area contributed by atoms with Crippen molar-refractivity contribution >= 4 is 25.6 Å². The summed E-state index contributed by atoms with van der Waals surface area (Å²) in [7, 11) is -1.27. The van der Waals surface area contributed by atoms with Crippen molar-refractivity contribution in [2.24, 2.45) is 0 Å². The Labute approximate surface area is 105 Å². The molecule has 0 aromatic carbocycles. The Bertz CT molecular complexity index is 244. The first kappa shape index (κ1) is 15.7. The van der Waals surface area contributed by atoms with Crippen LogP contribution in [0.3, 0.4) is 0 Å². The monoisotopic (exact) mass is 262 g/mol. The predicted octanol–water partition coefficient (Wildman–Crippen LogP) is 3.83. The van der Waals surface area contributed by atoms with Crippen LogP contribution in [-0.4, -0.2) is 26.5 Å². The van der Waals surface area contributed by atoms with E-state index in [2.05, 4.69) is 19.6 Å². The van der Waals surface area contributed by atoms with Gasteiger partial charge in [0, 0.05) is 19.5 Å². The average Bonchev–Trinajstić information content (AvgIpc) is 2.15. The number of carbonyl (C=O) groups is 1. The molecular formula is C12H23ClO2Si. The van der Waals surface area contributed by atoms with Crippen molar-refractivity contribution in [2.75, 3.05) is 12.5 Å². The highest BCUT2D eigenvalue weighted by Gasteiger charge is 2.20. The van der Waals surface area contributed by atoms with Gasteiger partial charge >= 0.3 is 5.97 Å². The molecule has 0 rings (SSSR count). The standard InChI is InChI=1S/C12H23ClO2Si/c1-5-15-12(14)11(8-6-7-9-13)10-16(2,3)4/h8H,5-7,9-10H2,1-4H3/b11-8+. The maximum atomic E-state index is 11.7. The minimum Gasteiger partial charge on any atom is -0.463 e. The van der Waals surface area contributed by atoms with Crippen LogP contribution in [0.5, 0.6) is 0 Å². The molecule has 0 unspecified atom stereocenters. The summed E-state index contributed by atoms with van der Waals surface area (Å²) in [5.74, 6) is 0.485. The molecular weight excluding hydrogens is 240 g/mol. The van der Waals surface area contributed by atoms with E-state index in [4.69, 9.17) is 16.3 Å². The molecule has 0 aliphatic carbocycles. The van der Waals surface area contributed by atoms with Crippen molar-refractivity contribution < 1.29 is 9.53 Å². The summed E-state index contributed by atoms with van der Waals surface area (Å²) in [5.41, 5.74) is 0.839. The van der Waals surface area contributed by atoms with E-state index in [9.17, 15) is 4.79 Å². The van der Waals surface area contributed by atoms with Gasteiger partial charge in [-0.25, -0.2) is 4.79 Å². The maximum Gasteiger partial charge on any atom is 0.333 e. The van der Waals surface area contributed by atoms with E-state index in [1.807, 2.05) is 13.0 Å². The Hall–Kier alpha value is -0.283. The smallest absolute Gasteiger partial charge is 0.333 e. The molecule has 0 heterocycles. The third kappa shape index (κ3) is 7.94. The van der Waals surface area contributed by atoms with Crippen LogP contribution in [0.1, 0.15) is 19.8 Å². The van der Waals surface area contributed by atoms with Gasteiger partial charge in [-0.3, -0.25) is 0 Å². The van der Waals surface area contributed by atoms with Crippen LogP contribution in [0, 0.1) is 0 Å². The normalized spacial score (nSPS) is 12.7. The molecule has 16 heavy (non-hydrogen) atoms. The van der Waals surface area contributed by atoms with Crippen molar-refractivity contribution in [3.63, 3.8) is 0 Å². The van der Waals surface area contributed by atoms with Gasteiger partial charge in [-0.1, -0.05) is 25.7 Å². The SMILES string of the molecule is CCOC(=O)/C(=C/CCCCl)C[Si](C)(C)C. The quantitative estimate of drug-likeness (QED) is 0.229. The van der Waals surface area contributed by atoms with Crippen molar-refractivity contribution in [2.45, 2.75) is 45.5 Å². The summed E-state index contributed by atoms with van der Waals surface area (Å²) in [5, 5.41) is 0. The molecule has 0 aromatic rings. The van der Waals surface area contributed by atoms with Crippen LogP contribution in [-0.2, 0) is 9.53 Å². The van der Waals surface area contributed by atoms with Gasteiger partial charge < -0.3 is 4.74 Å². The predicted molar refractivity (Wildman–Crippen MR) is 72.8 cm³/mol. The van der Waals surface area contributed by atoms with E-state index >= 15 is 0 Å². The number of unbranched alkanes of at least 4 members (excludes halogenated alkanes) is 1. The zero-order valence-electron chi connectivity index (χ0n) is 10.8. The lowest BCUT2D eigenvalue weighted by atomic mass is 10.2. The Kier molecular flexibility index (Phi) is 7.76. The molecule has 0 N–H and O–H groups in total. The number of carbonyl (C=O) groups excluding carboxylic acids is 1. The molecule has 2 nitrogen and oxygen atoms in total.